The van der Waals surface area contributed by atoms with E-state index in [9.17, 15) is 9.18 Å². The summed E-state index contributed by atoms with van der Waals surface area (Å²) < 4.78 is 13.1. The van der Waals surface area contributed by atoms with Gasteiger partial charge in [-0.05, 0) is 54.4 Å². The van der Waals surface area contributed by atoms with Gasteiger partial charge in [-0.15, -0.1) is 0 Å². The van der Waals surface area contributed by atoms with Crippen LogP contribution < -0.4 is 10.2 Å². The number of pyridine rings is 1. The van der Waals surface area contributed by atoms with E-state index in [-0.39, 0.29) is 11.7 Å². The van der Waals surface area contributed by atoms with Gasteiger partial charge in [-0.1, -0.05) is 60.7 Å². The normalized spacial score (nSPS) is 10.6. The Hall–Kier alpha value is -3.99. The van der Waals surface area contributed by atoms with Gasteiger partial charge in [-0.25, -0.2) is 9.37 Å². The lowest BCUT2D eigenvalue weighted by molar-refractivity contribution is 0.102. The SMILES string of the molecule is Cc1nc(N(Cc2ccccc2)Cc2ccccc2)ccc1NC(=O)c1ccc(F)cc1. The van der Waals surface area contributed by atoms with Gasteiger partial charge in [0.05, 0.1) is 11.4 Å². The lowest BCUT2D eigenvalue weighted by Gasteiger charge is -2.25. The summed E-state index contributed by atoms with van der Waals surface area (Å²) in [5, 5.41) is 2.87. The van der Waals surface area contributed by atoms with Crippen LogP contribution in [0.1, 0.15) is 27.2 Å². The summed E-state index contributed by atoms with van der Waals surface area (Å²) in [5.74, 6) is 0.156. The number of benzene rings is 3. The van der Waals surface area contributed by atoms with Gasteiger partial charge >= 0.3 is 0 Å². The number of amides is 1. The molecule has 0 aliphatic carbocycles. The van der Waals surface area contributed by atoms with Crippen LogP contribution in [-0.2, 0) is 13.1 Å². The molecule has 0 aliphatic heterocycles. The average molecular weight is 426 g/mol. The number of carbonyl (C=O) groups is 1. The molecular formula is C27H24FN3O. The molecule has 5 heteroatoms. The number of aromatic nitrogens is 1. The molecule has 0 bridgehead atoms. The van der Waals surface area contributed by atoms with Gasteiger partial charge in [0.1, 0.15) is 11.6 Å². The van der Waals surface area contributed by atoms with Crippen molar-refractivity contribution in [2.24, 2.45) is 0 Å². The maximum atomic E-state index is 13.1. The monoisotopic (exact) mass is 425 g/mol. The zero-order valence-corrected chi connectivity index (χ0v) is 17.8. The molecule has 1 N–H and O–H groups in total. The van der Waals surface area contributed by atoms with E-state index in [1.54, 1.807) is 0 Å². The quantitative estimate of drug-likeness (QED) is 0.396. The summed E-state index contributed by atoms with van der Waals surface area (Å²) in [6, 6.07) is 29.8. The van der Waals surface area contributed by atoms with E-state index in [4.69, 9.17) is 4.98 Å². The first-order chi connectivity index (χ1) is 15.6. The number of anilines is 2. The third-order valence-electron chi connectivity index (χ3n) is 5.18. The van der Waals surface area contributed by atoms with Crippen LogP contribution in [0.5, 0.6) is 0 Å². The zero-order valence-electron chi connectivity index (χ0n) is 17.8. The van der Waals surface area contributed by atoms with Crippen molar-refractivity contribution in [2.75, 3.05) is 10.2 Å². The molecule has 160 valence electrons. The van der Waals surface area contributed by atoms with Crippen LogP contribution in [0.2, 0.25) is 0 Å². The number of aryl methyl sites for hydroxylation is 1. The molecule has 4 rings (SSSR count). The van der Waals surface area contributed by atoms with Crippen molar-refractivity contribution in [1.82, 2.24) is 4.98 Å². The van der Waals surface area contributed by atoms with E-state index in [2.05, 4.69) is 34.5 Å². The second-order valence-electron chi connectivity index (χ2n) is 7.59. The van der Waals surface area contributed by atoms with Gasteiger partial charge in [0.2, 0.25) is 0 Å². The fourth-order valence-electron chi connectivity index (χ4n) is 3.48. The summed E-state index contributed by atoms with van der Waals surface area (Å²) in [5.41, 5.74) is 4.12. The van der Waals surface area contributed by atoms with Crippen LogP contribution in [0.25, 0.3) is 0 Å². The van der Waals surface area contributed by atoms with E-state index >= 15 is 0 Å². The average Bonchev–Trinajstić information content (AvgIpc) is 2.82. The molecule has 0 unspecified atom stereocenters. The van der Waals surface area contributed by atoms with Gasteiger partial charge < -0.3 is 10.2 Å². The first kappa shape index (κ1) is 21.2. The summed E-state index contributed by atoms with van der Waals surface area (Å²) in [6.07, 6.45) is 0. The molecule has 4 aromatic rings. The Bertz CT molecular complexity index is 1140. The Kier molecular flexibility index (Phi) is 6.56. The largest absolute Gasteiger partial charge is 0.348 e. The Morgan fingerprint density at radius 2 is 1.38 bits per heavy atom. The number of hydrogen-bond acceptors (Lipinski definition) is 3. The van der Waals surface area contributed by atoms with Crippen LogP contribution in [-0.4, -0.2) is 10.9 Å². The molecule has 1 aromatic heterocycles. The third-order valence-corrected chi connectivity index (χ3v) is 5.18. The number of carbonyl (C=O) groups excluding carboxylic acids is 1. The van der Waals surface area contributed by atoms with E-state index in [0.29, 0.717) is 30.0 Å². The number of hydrogen-bond donors (Lipinski definition) is 1. The molecule has 1 heterocycles. The second kappa shape index (κ2) is 9.88. The molecule has 3 aromatic carbocycles. The molecule has 32 heavy (non-hydrogen) atoms. The molecule has 0 saturated carbocycles. The van der Waals surface area contributed by atoms with Gasteiger partial charge in [0.15, 0.2) is 0 Å². The molecule has 1 amide bonds. The molecule has 0 aliphatic rings. The maximum absolute atomic E-state index is 13.1. The summed E-state index contributed by atoms with van der Waals surface area (Å²) >= 11 is 0. The highest BCUT2D eigenvalue weighted by Gasteiger charge is 2.14. The van der Waals surface area contributed by atoms with Gasteiger partial charge in [0.25, 0.3) is 5.91 Å². The molecule has 0 saturated heterocycles. The number of nitrogens with one attached hydrogen (secondary N) is 1. The van der Waals surface area contributed by atoms with Crippen molar-refractivity contribution >= 4 is 17.4 Å². The minimum Gasteiger partial charge on any atom is -0.348 e. The van der Waals surface area contributed by atoms with E-state index in [1.165, 1.54) is 35.4 Å². The first-order valence-electron chi connectivity index (χ1n) is 10.5. The smallest absolute Gasteiger partial charge is 0.255 e. The van der Waals surface area contributed by atoms with E-state index in [0.717, 1.165) is 5.82 Å². The Labute approximate surface area is 187 Å². The van der Waals surface area contributed by atoms with Crippen LogP contribution >= 0.6 is 0 Å². The zero-order chi connectivity index (χ0) is 22.3. The highest BCUT2D eigenvalue weighted by atomic mass is 19.1. The van der Waals surface area contributed by atoms with Crippen LogP contribution in [0, 0.1) is 12.7 Å². The molecule has 0 atom stereocenters. The lowest BCUT2D eigenvalue weighted by Crippen LogP contribution is -2.23. The second-order valence-corrected chi connectivity index (χ2v) is 7.59. The van der Waals surface area contributed by atoms with Crippen LogP contribution in [0.3, 0.4) is 0 Å². The summed E-state index contributed by atoms with van der Waals surface area (Å²) in [7, 11) is 0. The predicted molar refractivity (Wildman–Crippen MR) is 126 cm³/mol. The first-order valence-corrected chi connectivity index (χ1v) is 10.5. The molecule has 4 nitrogen and oxygen atoms in total. The third kappa shape index (κ3) is 5.38. The van der Waals surface area contributed by atoms with Crippen molar-refractivity contribution in [3.8, 4) is 0 Å². The number of rotatable bonds is 7. The topological polar surface area (TPSA) is 45.2 Å². The van der Waals surface area contributed by atoms with Crippen molar-refractivity contribution < 1.29 is 9.18 Å². The molecule has 0 fully saturated rings. The van der Waals surface area contributed by atoms with Crippen LogP contribution in [0.4, 0.5) is 15.9 Å². The fourth-order valence-corrected chi connectivity index (χ4v) is 3.48. The molecule has 0 spiro atoms. The van der Waals surface area contributed by atoms with Gasteiger partial charge in [0, 0.05) is 18.7 Å². The minimum absolute atomic E-state index is 0.298. The Balaban J connectivity index is 1.56. The Morgan fingerprint density at radius 1 is 0.812 bits per heavy atom. The maximum Gasteiger partial charge on any atom is 0.255 e. The number of nitrogens with zero attached hydrogens (tertiary/aromatic N) is 2. The molecule has 0 radical (unpaired) electrons. The number of halogens is 1. The Morgan fingerprint density at radius 3 is 1.91 bits per heavy atom. The van der Waals surface area contributed by atoms with Crippen molar-refractivity contribution in [3.63, 3.8) is 0 Å². The van der Waals surface area contributed by atoms with E-state index < -0.39 is 0 Å². The minimum atomic E-state index is -0.374. The summed E-state index contributed by atoms with van der Waals surface area (Å²) in [6.45, 7) is 3.29. The highest BCUT2D eigenvalue weighted by molar-refractivity contribution is 6.04. The van der Waals surface area contributed by atoms with Crippen molar-refractivity contribution in [3.05, 3.63) is 125 Å². The van der Waals surface area contributed by atoms with Gasteiger partial charge in [-0.2, -0.15) is 0 Å². The molecular weight excluding hydrogens is 401 g/mol. The summed E-state index contributed by atoms with van der Waals surface area (Å²) in [4.78, 5) is 19.5. The lowest BCUT2D eigenvalue weighted by atomic mass is 10.1. The van der Waals surface area contributed by atoms with Crippen molar-refractivity contribution in [1.29, 1.82) is 0 Å². The van der Waals surface area contributed by atoms with E-state index in [1.807, 2.05) is 55.5 Å². The highest BCUT2D eigenvalue weighted by Crippen LogP contribution is 2.23. The van der Waals surface area contributed by atoms with Crippen molar-refractivity contribution in [2.45, 2.75) is 20.0 Å². The standard InChI is InChI=1S/C27H24FN3O/c1-20-25(30-27(32)23-12-14-24(28)15-13-23)16-17-26(29-20)31(18-21-8-4-2-5-9-21)19-22-10-6-3-7-11-22/h2-17H,18-19H2,1H3,(H,30,32). The van der Waals surface area contributed by atoms with Gasteiger partial charge in [-0.3, -0.25) is 4.79 Å². The predicted octanol–water partition coefficient (Wildman–Crippen LogP) is 5.99. The van der Waals surface area contributed by atoms with Crippen LogP contribution in [0.15, 0.2) is 97.1 Å². The fraction of sp³-hybridized carbons (Fsp3) is 0.111.